The van der Waals surface area contributed by atoms with Gasteiger partial charge in [0.05, 0.1) is 17.5 Å². The Bertz CT molecular complexity index is 832. The lowest BCUT2D eigenvalue weighted by atomic mass is 9.83. The van der Waals surface area contributed by atoms with Crippen molar-refractivity contribution in [1.29, 1.82) is 5.26 Å². The normalized spacial score (nSPS) is 20.2. The van der Waals surface area contributed by atoms with Crippen molar-refractivity contribution in [3.63, 3.8) is 0 Å². The van der Waals surface area contributed by atoms with Crippen molar-refractivity contribution in [3.8, 4) is 6.07 Å². The minimum absolute atomic E-state index is 0.0433. The molecule has 1 amide bonds. The molecule has 2 aliphatic rings. The van der Waals surface area contributed by atoms with Gasteiger partial charge >= 0.3 is 0 Å². The largest absolute Gasteiger partial charge is 0.376 e. The van der Waals surface area contributed by atoms with Crippen LogP contribution in [0.3, 0.4) is 0 Å². The maximum Gasteiger partial charge on any atom is 0.243 e. The summed E-state index contributed by atoms with van der Waals surface area (Å²) in [5, 5.41) is 15.3. The third-order valence-electron chi connectivity index (χ3n) is 5.81. The predicted octanol–water partition coefficient (Wildman–Crippen LogP) is 3.01. The third kappa shape index (κ3) is 5.49. The number of hydrogen-bond acceptors (Lipinski definition) is 5. The van der Waals surface area contributed by atoms with Gasteiger partial charge in [-0.15, -0.1) is 0 Å². The fourth-order valence-corrected chi connectivity index (χ4v) is 5.61. The van der Waals surface area contributed by atoms with E-state index < -0.39 is 15.6 Å². The molecule has 1 saturated heterocycles. The van der Waals surface area contributed by atoms with Crippen LogP contribution in [-0.2, 0) is 14.8 Å². The van der Waals surface area contributed by atoms with Crippen LogP contribution in [-0.4, -0.2) is 43.8 Å². The van der Waals surface area contributed by atoms with Crippen LogP contribution in [0.4, 0.5) is 5.69 Å². The molecule has 0 atom stereocenters. The van der Waals surface area contributed by atoms with Gasteiger partial charge in [0.15, 0.2) is 0 Å². The lowest BCUT2D eigenvalue weighted by molar-refractivity contribution is -0.121. The zero-order valence-corrected chi connectivity index (χ0v) is 17.6. The zero-order valence-electron chi connectivity index (χ0n) is 16.8. The van der Waals surface area contributed by atoms with Crippen molar-refractivity contribution >= 4 is 21.6 Å². The molecule has 1 heterocycles. The Morgan fingerprint density at radius 2 is 1.59 bits per heavy atom. The van der Waals surface area contributed by atoms with Gasteiger partial charge in [-0.05, 0) is 49.9 Å². The van der Waals surface area contributed by atoms with Gasteiger partial charge in [-0.3, -0.25) is 4.79 Å². The Morgan fingerprint density at radius 3 is 2.17 bits per heavy atom. The van der Waals surface area contributed by atoms with Crippen molar-refractivity contribution in [2.45, 2.75) is 68.2 Å². The number of anilines is 1. The lowest BCUT2D eigenvalue weighted by Crippen LogP contribution is -2.50. The van der Waals surface area contributed by atoms with Crippen LogP contribution < -0.4 is 10.6 Å². The molecular weight excluding hydrogens is 388 g/mol. The molecule has 1 saturated carbocycles. The third-order valence-corrected chi connectivity index (χ3v) is 7.72. The Labute approximate surface area is 173 Å². The number of sulfonamides is 1. The smallest absolute Gasteiger partial charge is 0.243 e. The number of rotatable bonds is 6. The first-order chi connectivity index (χ1) is 14.0. The minimum Gasteiger partial charge on any atom is -0.376 e. The van der Waals surface area contributed by atoms with Crippen LogP contribution in [0.15, 0.2) is 29.2 Å². The second-order valence-corrected chi connectivity index (χ2v) is 9.94. The van der Waals surface area contributed by atoms with Crippen LogP contribution in [0.2, 0.25) is 0 Å². The standard InChI is InChI=1S/C21H30N4O3S/c22-17-21(12-4-3-5-13-21)24-20(26)16-23-18-8-10-19(11-9-18)29(27,28)25-14-6-1-2-7-15-25/h8-11,23H,1-7,12-16H2,(H,24,26). The summed E-state index contributed by atoms with van der Waals surface area (Å²) in [5.74, 6) is -0.227. The van der Waals surface area contributed by atoms with E-state index in [1.165, 1.54) is 0 Å². The van der Waals surface area contributed by atoms with Gasteiger partial charge < -0.3 is 10.6 Å². The van der Waals surface area contributed by atoms with Crippen molar-refractivity contribution in [1.82, 2.24) is 9.62 Å². The molecule has 0 aromatic heterocycles. The number of carbonyl (C=O) groups is 1. The summed E-state index contributed by atoms with van der Waals surface area (Å²) in [6.07, 6.45) is 8.34. The highest BCUT2D eigenvalue weighted by Crippen LogP contribution is 2.27. The van der Waals surface area contributed by atoms with E-state index in [9.17, 15) is 18.5 Å². The summed E-state index contributed by atoms with van der Waals surface area (Å²) in [5.41, 5.74) is -0.0770. The first kappa shape index (κ1) is 21.6. The minimum atomic E-state index is -3.47. The lowest BCUT2D eigenvalue weighted by Gasteiger charge is -2.31. The molecule has 8 heteroatoms. The van der Waals surface area contributed by atoms with E-state index >= 15 is 0 Å². The van der Waals surface area contributed by atoms with Crippen LogP contribution in [0.25, 0.3) is 0 Å². The van der Waals surface area contributed by atoms with Gasteiger partial charge in [-0.2, -0.15) is 9.57 Å². The molecule has 2 fully saturated rings. The second-order valence-electron chi connectivity index (χ2n) is 8.00. The predicted molar refractivity (Wildman–Crippen MR) is 112 cm³/mol. The number of nitrogens with one attached hydrogen (secondary N) is 2. The first-order valence-corrected chi connectivity index (χ1v) is 12.0. The van der Waals surface area contributed by atoms with Gasteiger partial charge in [0.25, 0.3) is 0 Å². The van der Waals surface area contributed by atoms with Gasteiger partial charge in [-0.25, -0.2) is 8.42 Å². The average molecular weight is 419 g/mol. The van der Waals surface area contributed by atoms with E-state index in [2.05, 4.69) is 16.7 Å². The van der Waals surface area contributed by atoms with E-state index in [0.717, 1.165) is 44.9 Å². The molecule has 1 aromatic rings. The molecule has 3 rings (SSSR count). The maximum absolute atomic E-state index is 12.8. The molecule has 1 aromatic carbocycles. The van der Waals surface area contributed by atoms with Gasteiger partial charge in [0.1, 0.15) is 5.54 Å². The summed E-state index contributed by atoms with van der Waals surface area (Å²) in [4.78, 5) is 12.6. The number of carbonyl (C=O) groups excluding carboxylic acids is 1. The average Bonchev–Trinajstić information content (AvgIpc) is 3.03. The number of amides is 1. The molecular formula is C21H30N4O3S. The molecule has 1 aliphatic heterocycles. The van der Waals surface area contributed by atoms with E-state index in [1.54, 1.807) is 28.6 Å². The van der Waals surface area contributed by atoms with Crippen molar-refractivity contribution in [2.24, 2.45) is 0 Å². The highest BCUT2D eigenvalue weighted by Gasteiger charge is 2.33. The summed E-state index contributed by atoms with van der Waals surface area (Å²) < 4.78 is 27.2. The molecule has 0 spiro atoms. The fraction of sp³-hybridized carbons (Fsp3) is 0.619. The summed E-state index contributed by atoms with van der Waals surface area (Å²) >= 11 is 0. The van der Waals surface area contributed by atoms with Crippen LogP contribution in [0.5, 0.6) is 0 Å². The van der Waals surface area contributed by atoms with Gasteiger partial charge in [0.2, 0.25) is 15.9 Å². The Morgan fingerprint density at radius 1 is 1.00 bits per heavy atom. The molecule has 2 N–H and O–H groups in total. The highest BCUT2D eigenvalue weighted by atomic mass is 32.2. The second kappa shape index (κ2) is 9.59. The number of benzene rings is 1. The molecule has 0 unspecified atom stereocenters. The van der Waals surface area contributed by atoms with Crippen molar-refractivity contribution in [2.75, 3.05) is 25.0 Å². The fourth-order valence-electron chi connectivity index (χ4n) is 4.09. The zero-order chi connectivity index (χ0) is 20.7. The molecule has 158 valence electrons. The summed E-state index contributed by atoms with van der Waals surface area (Å²) in [6.45, 7) is 1.19. The Kier molecular flexibility index (Phi) is 7.14. The van der Waals surface area contributed by atoms with Crippen LogP contribution in [0.1, 0.15) is 57.8 Å². The number of hydrogen-bond donors (Lipinski definition) is 2. The first-order valence-electron chi connectivity index (χ1n) is 10.5. The molecule has 7 nitrogen and oxygen atoms in total. The molecule has 0 radical (unpaired) electrons. The monoisotopic (exact) mass is 418 g/mol. The quantitative estimate of drug-likeness (QED) is 0.739. The topological polar surface area (TPSA) is 102 Å². The van der Waals surface area contributed by atoms with E-state index in [1.807, 2.05) is 0 Å². The number of nitriles is 1. The SMILES string of the molecule is N#CC1(NC(=O)CNc2ccc(S(=O)(=O)N3CCCCCC3)cc2)CCCCC1. The van der Waals surface area contributed by atoms with E-state index in [0.29, 0.717) is 31.6 Å². The molecule has 1 aliphatic carbocycles. The number of nitrogens with zero attached hydrogens (tertiary/aromatic N) is 2. The van der Waals surface area contributed by atoms with Crippen molar-refractivity contribution in [3.05, 3.63) is 24.3 Å². The summed E-state index contributed by atoms with van der Waals surface area (Å²) in [7, 11) is -3.47. The molecule has 0 bridgehead atoms. The van der Waals surface area contributed by atoms with E-state index in [-0.39, 0.29) is 17.3 Å². The summed E-state index contributed by atoms with van der Waals surface area (Å²) in [6, 6.07) is 8.80. The van der Waals surface area contributed by atoms with Crippen molar-refractivity contribution < 1.29 is 13.2 Å². The maximum atomic E-state index is 12.8. The van der Waals surface area contributed by atoms with E-state index in [4.69, 9.17) is 0 Å². The van der Waals surface area contributed by atoms with Gasteiger partial charge in [0, 0.05) is 18.8 Å². The Hall–Kier alpha value is -2.11. The highest BCUT2D eigenvalue weighted by molar-refractivity contribution is 7.89. The van der Waals surface area contributed by atoms with Crippen LogP contribution >= 0.6 is 0 Å². The molecule has 29 heavy (non-hydrogen) atoms. The van der Waals surface area contributed by atoms with Gasteiger partial charge in [-0.1, -0.05) is 32.1 Å². The Balaban J connectivity index is 1.56. The van der Waals surface area contributed by atoms with Crippen LogP contribution in [0, 0.1) is 11.3 Å².